The second-order valence-corrected chi connectivity index (χ2v) is 6.60. The molecule has 0 radical (unpaired) electrons. The van der Waals surface area contributed by atoms with Gasteiger partial charge < -0.3 is 10.0 Å². The minimum Gasteiger partial charge on any atom is -0.392 e. The predicted octanol–water partition coefficient (Wildman–Crippen LogP) is 1.58. The number of aliphatic hydroxyl groups excluding tert-OH is 1. The molecule has 0 aromatic rings. The maximum absolute atomic E-state index is 10.1. The molecule has 86 valence electrons. The Morgan fingerprint density at radius 1 is 1.20 bits per heavy atom. The fourth-order valence-electron chi connectivity index (χ4n) is 3.58. The van der Waals surface area contributed by atoms with Crippen molar-refractivity contribution in [1.29, 1.82) is 0 Å². The largest absolute Gasteiger partial charge is 0.392 e. The van der Waals surface area contributed by atoms with Crippen molar-refractivity contribution in [3.63, 3.8) is 0 Å². The first-order valence-electron chi connectivity index (χ1n) is 6.15. The third kappa shape index (κ3) is 1.55. The number of rotatable bonds is 3. The van der Waals surface area contributed by atoms with Gasteiger partial charge in [-0.25, -0.2) is 0 Å². The lowest BCUT2D eigenvalue weighted by Crippen LogP contribution is -2.52. The average Bonchev–Trinajstić information content (AvgIpc) is 2.97. The Morgan fingerprint density at radius 3 is 2.53 bits per heavy atom. The molecule has 0 heterocycles. The molecule has 0 aliphatic heterocycles. The summed E-state index contributed by atoms with van der Waals surface area (Å²) in [4.78, 5) is 2.59. The summed E-state index contributed by atoms with van der Waals surface area (Å²) in [5, 5.41) is 10.6. The summed E-state index contributed by atoms with van der Waals surface area (Å²) in [5.74, 6) is 1.41. The minimum atomic E-state index is -0.0196. The van der Waals surface area contributed by atoms with E-state index in [1.807, 2.05) is 11.8 Å². The lowest BCUT2D eigenvalue weighted by atomic mass is 9.70. The maximum atomic E-state index is 10.1. The molecule has 3 aliphatic rings. The molecule has 0 amide bonds. The monoisotopic (exact) mass is 227 g/mol. The van der Waals surface area contributed by atoms with Gasteiger partial charge in [0, 0.05) is 17.3 Å². The van der Waals surface area contributed by atoms with Gasteiger partial charge in [0.1, 0.15) is 0 Å². The summed E-state index contributed by atoms with van der Waals surface area (Å²) in [5.41, 5.74) is 0. The van der Waals surface area contributed by atoms with Crippen molar-refractivity contribution in [2.75, 3.05) is 13.3 Å². The number of thioether (sulfide) groups is 1. The zero-order chi connectivity index (χ0) is 10.6. The fraction of sp³-hybridized carbons (Fsp3) is 1.00. The van der Waals surface area contributed by atoms with Crippen LogP contribution in [0.5, 0.6) is 0 Å². The van der Waals surface area contributed by atoms with Crippen LogP contribution in [0, 0.1) is 11.8 Å². The number of hydrogen-bond acceptors (Lipinski definition) is 3. The summed E-state index contributed by atoms with van der Waals surface area (Å²) in [7, 11) is 2.29. The van der Waals surface area contributed by atoms with Crippen LogP contribution in [-0.4, -0.2) is 46.7 Å². The van der Waals surface area contributed by atoms with Crippen molar-refractivity contribution in [1.82, 2.24) is 4.90 Å². The normalized spacial score (nSPS) is 49.2. The van der Waals surface area contributed by atoms with E-state index >= 15 is 0 Å². The molecule has 1 N–H and O–H groups in total. The number of hydrogen-bond donors (Lipinski definition) is 1. The molecule has 0 saturated heterocycles. The van der Waals surface area contributed by atoms with E-state index in [0.29, 0.717) is 11.2 Å². The zero-order valence-corrected chi connectivity index (χ0v) is 10.4. The minimum absolute atomic E-state index is 0.0196. The van der Waals surface area contributed by atoms with Gasteiger partial charge in [-0.05, 0) is 50.8 Å². The van der Waals surface area contributed by atoms with Gasteiger partial charge in [-0.15, -0.1) is 0 Å². The van der Waals surface area contributed by atoms with Gasteiger partial charge in [-0.2, -0.15) is 11.8 Å². The lowest BCUT2D eigenvalue weighted by Gasteiger charge is -2.46. The molecule has 3 saturated carbocycles. The Labute approximate surface area is 96.4 Å². The van der Waals surface area contributed by atoms with Crippen molar-refractivity contribution in [2.24, 2.45) is 11.8 Å². The summed E-state index contributed by atoms with van der Waals surface area (Å²) in [6.45, 7) is 0. The first-order valence-corrected chi connectivity index (χ1v) is 7.44. The first-order chi connectivity index (χ1) is 7.22. The number of fused-ring (bicyclic) bond motifs is 1. The third-order valence-corrected chi connectivity index (χ3v) is 5.91. The van der Waals surface area contributed by atoms with Crippen LogP contribution in [0.3, 0.4) is 0 Å². The number of nitrogens with zero attached hydrogens (tertiary/aromatic N) is 1. The van der Waals surface area contributed by atoms with Crippen molar-refractivity contribution in [3.05, 3.63) is 0 Å². The summed E-state index contributed by atoms with van der Waals surface area (Å²) in [6.07, 6.45) is 7.41. The molecule has 3 aliphatic carbocycles. The quantitative estimate of drug-likeness (QED) is 0.792. The van der Waals surface area contributed by atoms with E-state index in [4.69, 9.17) is 0 Å². The molecule has 15 heavy (non-hydrogen) atoms. The van der Waals surface area contributed by atoms with Crippen LogP contribution in [0.15, 0.2) is 0 Å². The highest BCUT2D eigenvalue weighted by Crippen LogP contribution is 2.53. The Bertz CT molecular complexity index is 256. The molecular formula is C12H21NOS. The molecule has 0 aromatic heterocycles. The lowest BCUT2D eigenvalue weighted by molar-refractivity contribution is -0.0141. The topological polar surface area (TPSA) is 23.5 Å². The van der Waals surface area contributed by atoms with Gasteiger partial charge in [0.25, 0.3) is 0 Å². The van der Waals surface area contributed by atoms with E-state index in [2.05, 4.69) is 18.2 Å². The van der Waals surface area contributed by atoms with Crippen molar-refractivity contribution in [3.8, 4) is 0 Å². The van der Waals surface area contributed by atoms with E-state index in [1.54, 1.807) is 0 Å². The fourth-order valence-corrected chi connectivity index (χ4v) is 4.48. The van der Waals surface area contributed by atoms with Crippen LogP contribution in [0.2, 0.25) is 0 Å². The average molecular weight is 227 g/mol. The zero-order valence-electron chi connectivity index (χ0n) is 9.60. The summed E-state index contributed by atoms with van der Waals surface area (Å²) in [6, 6.07) is 1.66. The van der Waals surface area contributed by atoms with Gasteiger partial charge in [-0.3, -0.25) is 0 Å². The van der Waals surface area contributed by atoms with E-state index in [0.717, 1.165) is 18.0 Å². The first kappa shape index (κ1) is 10.4. The van der Waals surface area contributed by atoms with E-state index in [9.17, 15) is 5.11 Å². The molecule has 3 heteroatoms. The Kier molecular flexibility index (Phi) is 2.53. The molecular weight excluding hydrogens is 206 g/mol. The van der Waals surface area contributed by atoms with Crippen LogP contribution >= 0.6 is 11.8 Å². The van der Waals surface area contributed by atoms with Crippen LogP contribution < -0.4 is 0 Å². The highest BCUT2D eigenvalue weighted by Gasteiger charge is 2.55. The highest BCUT2D eigenvalue weighted by molar-refractivity contribution is 7.99. The van der Waals surface area contributed by atoms with Crippen LogP contribution in [0.25, 0.3) is 0 Å². The third-order valence-electron chi connectivity index (χ3n) is 4.83. The van der Waals surface area contributed by atoms with Gasteiger partial charge in [0.2, 0.25) is 0 Å². The van der Waals surface area contributed by atoms with Crippen molar-refractivity contribution in [2.45, 2.75) is 49.1 Å². The standard InChI is InChI=1S/C12H21NOS/c1-13(7-3-4-7)10-5-9-8(10)6-11(15-2)12(9)14/h7-12,14H,3-6H2,1-2H3/t8-,9-,10+,11+,12+/m0/s1. The van der Waals surface area contributed by atoms with Crippen molar-refractivity contribution < 1.29 is 5.11 Å². The van der Waals surface area contributed by atoms with Gasteiger partial charge in [-0.1, -0.05) is 0 Å². The molecule has 0 spiro atoms. The molecule has 3 fully saturated rings. The van der Waals surface area contributed by atoms with Gasteiger partial charge in [0.15, 0.2) is 0 Å². The van der Waals surface area contributed by atoms with E-state index in [1.165, 1.54) is 25.7 Å². The molecule has 0 unspecified atom stereocenters. The molecule has 5 atom stereocenters. The SMILES string of the molecule is CS[C@@H]1C[C@H]2[C@H](C[C@H]2N(C)C2CC2)[C@H]1O. The van der Waals surface area contributed by atoms with Crippen LogP contribution in [0.4, 0.5) is 0 Å². The smallest absolute Gasteiger partial charge is 0.0690 e. The highest BCUT2D eigenvalue weighted by atomic mass is 32.2. The Hall–Kier alpha value is 0.270. The predicted molar refractivity (Wildman–Crippen MR) is 64.1 cm³/mol. The van der Waals surface area contributed by atoms with E-state index < -0.39 is 0 Å². The molecule has 2 nitrogen and oxygen atoms in total. The Morgan fingerprint density at radius 2 is 1.93 bits per heavy atom. The number of aliphatic hydroxyl groups is 1. The van der Waals surface area contributed by atoms with Gasteiger partial charge >= 0.3 is 0 Å². The molecule has 0 aromatic carbocycles. The van der Waals surface area contributed by atoms with Crippen LogP contribution in [0.1, 0.15) is 25.7 Å². The maximum Gasteiger partial charge on any atom is 0.0690 e. The second-order valence-electron chi connectivity index (χ2n) is 5.53. The summed E-state index contributed by atoms with van der Waals surface area (Å²) >= 11 is 1.86. The Balaban J connectivity index is 1.63. The van der Waals surface area contributed by atoms with Crippen LogP contribution in [-0.2, 0) is 0 Å². The molecule has 0 bridgehead atoms. The van der Waals surface area contributed by atoms with E-state index in [-0.39, 0.29) is 6.10 Å². The molecule has 3 rings (SSSR count). The second kappa shape index (κ2) is 3.64. The van der Waals surface area contributed by atoms with Crippen molar-refractivity contribution >= 4 is 11.8 Å². The summed E-state index contributed by atoms with van der Waals surface area (Å²) < 4.78 is 0. The van der Waals surface area contributed by atoms with Gasteiger partial charge in [0.05, 0.1) is 6.10 Å².